The summed E-state index contributed by atoms with van der Waals surface area (Å²) in [4.78, 5) is 0. The van der Waals surface area contributed by atoms with E-state index in [1.165, 1.54) is 23.5 Å². The molecule has 2 rings (SSSR count). The summed E-state index contributed by atoms with van der Waals surface area (Å²) in [6.07, 6.45) is 0. The molecule has 1 saturated heterocycles. The molecule has 118 valence electrons. The highest BCUT2D eigenvalue weighted by Crippen LogP contribution is 2.23. The van der Waals surface area contributed by atoms with E-state index >= 15 is 0 Å². The minimum Gasteiger partial charge on any atom is -0.314 e. The number of hydrogen-bond donors (Lipinski definition) is 1. The highest BCUT2D eigenvalue weighted by atomic mass is 35.5. The fourth-order valence-corrected chi connectivity index (χ4v) is 4.06. The maximum atomic E-state index is 13.8. The van der Waals surface area contributed by atoms with Crippen LogP contribution < -0.4 is 5.32 Å². The zero-order chi connectivity index (χ0) is 15.6. The lowest BCUT2D eigenvalue weighted by Crippen LogP contribution is -2.55. The van der Waals surface area contributed by atoms with Crippen LogP contribution in [0.3, 0.4) is 0 Å². The average Bonchev–Trinajstić information content (AvgIpc) is 2.43. The van der Waals surface area contributed by atoms with Crippen LogP contribution in [0.4, 0.5) is 4.39 Å². The van der Waals surface area contributed by atoms with Crippen molar-refractivity contribution in [3.8, 4) is 0 Å². The Morgan fingerprint density at radius 2 is 2.24 bits per heavy atom. The van der Waals surface area contributed by atoms with Gasteiger partial charge in [-0.1, -0.05) is 17.7 Å². The van der Waals surface area contributed by atoms with Crippen LogP contribution in [0.15, 0.2) is 18.2 Å². The van der Waals surface area contributed by atoms with Crippen molar-refractivity contribution in [2.75, 3.05) is 26.7 Å². The van der Waals surface area contributed by atoms with E-state index in [9.17, 15) is 12.8 Å². The number of halogens is 2. The summed E-state index contributed by atoms with van der Waals surface area (Å²) in [5.74, 6) is -0.502. The van der Waals surface area contributed by atoms with Crippen LogP contribution in [0.2, 0.25) is 5.02 Å². The molecule has 1 aliphatic heterocycles. The monoisotopic (exact) mass is 335 g/mol. The molecule has 1 N–H and O–H groups in total. The molecule has 5 nitrogen and oxygen atoms in total. The van der Waals surface area contributed by atoms with Crippen LogP contribution in [0.1, 0.15) is 12.5 Å². The van der Waals surface area contributed by atoms with E-state index in [1.807, 2.05) is 6.92 Å². The van der Waals surface area contributed by atoms with E-state index in [1.54, 1.807) is 6.07 Å². The smallest absolute Gasteiger partial charge is 0.282 e. The number of hydrogen-bond acceptors (Lipinski definition) is 3. The molecule has 0 saturated carbocycles. The van der Waals surface area contributed by atoms with E-state index in [0.717, 1.165) is 4.31 Å². The van der Waals surface area contributed by atoms with Gasteiger partial charge in [0.15, 0.2) is 0 Å². The third-order valence-electron chi connectivity index (χ3n) is 3.57. The van der Waals surface area contributed by atoms with Gasteiger partial charge in [0.2, 0.25) is 0 Å². The molecule has 1 aromatic carbocycles. The topological polar surface area (TPSA) is 52.7 Å². The molecule has 0 amide bonds. The molecular formula is C13H19ClFN3O2S. The minimum atomic E-state index is -3.64. The zero-order valence-corrected chi connectivity index (χ0v) is 13.6. The van der Waals surface area contributed by atoms with Gasteiger partial charge < -0.3 is 5.32 Å². The quantitative estimate of drug-likeness (QED) is 0.906. The average molecular weight is 336 g/mol. The Balaban J connectivity index is 2.20. The van der Waals surface area contributed by atoms with E-state index < -0.39 is 16.0 Å². The second-order valence-corrected chi connectivity index (χ2v) is 7.52. The number of rotatable bonds is 4. The Kier molecular flexibility index (Phi) is 5.21. The molecule has 0 aliphatic carbocycles. The van der Waals surface area contributed by atoms with E-state index in [2.05, 4.69) is 5.32 Å². The summed E-state index contributed by atoms with van der Waals surface area (Å²) in [5, 5.41) is 3.36. The first-order valence-corrected chi connectivity index (χ1v) is 8.48. The standard InChI is InChI=1S/C13H19ClFN3O2S/c1-10-8-16-6-7-18(10)21(19,20)17(2)9-11-12(14)4-3-5-13(11)15/h3-5,10,16H,6-9H2,1-2H3/t10-/m0/s1. The molecule has 8 heteroatoms. The van der Waals surface area contributed by atoms with E-state index in [0.29, 0.717) is 19.6 Å². The first-order valence-electron chi connectivity index (χ1n) is 6.70. The minimum absolute atomic E-state index is 0.0928. The summed E-state index contributed by atoms with van der Waals surface area (Å²) in [6, 6.07) is 4.18. The zero-order valence-electron chi connectivity index (χ0n) is 12.0. The Bertz CT molecular complexity index is 591. The van der Waals surface area contributed by atoms with Gasteiger partial charge in [-0.15, -0.1) is 0 Å². The molecule has 0 bridgehead atoms. The Morgan fingerprint density at radius 1 is 1.52 bits per heavy atom. The fourth-order valence-electron chi connectivity index (χ4n) is 2.33. The molecule has 1 heterocycles. The van der Waals surface area contributed by atoms with Gasteiger partial charge in [0.25, 0.3) is 10.2 Å². The molecule has 1 atom stereocenters. The van der Waals surface area contributed by atoms with Crippen LogP contribution in [0.25, 0.3) is 0 Å². The molecule has 0 aromatic heterocycles. The summed E-state index contributed by atoms with van der Waals surface area (Å²) in [6.45, 7) is 3.36. The van der Waals surface area contributed by atoms with Crippen LogP contribution >= 0.6 is 11.6 Å². The van der Waals surface area contributed by atoms with Gasteiger partial charge in [-0.25, -0.2) is 4.39 Å². The summed E-state index contributed by atoms with van der Waals surface area (Å²) in [5.41, 5.74) is 0.188. The van der Waals surface area contributed by atoms with Gasteiger partial charge in [0.05, 0.1) is 0 Å². The van der Waals surface area contributed by atoms with Crippen LogP contribution in [0.5, 0.6) is 0 Å². The summed E-state index contributed by atoms with van der Waals surface area (Å²) < 4.78 is 41.5. The third kappa shape index (κ3) is 3.54. The predicted octanol–water partition coefficient (Wildman–Crippen LogP) is 1.45. The van der Waals surface area contributed by atoms with Crippen molar-refractivity contribution in [3.63, 3.8) is 0 Å². The molecular weight excluding hydrogens is 317 g/mol. The van der Waals surface area contributed by atoms with Gasteiger partial charge in [0.1, 0.15) is 5.82 Å². The Morgan fingerprint density at radius 3 is 2.86 bits per heavy atom. The number of nitrogens with zero attached hydrogens (tertiary/aromatic N) is 2. The Labute approximate surface area is 129 Å². The molecule has 1 fully saturated rings. The number of benzene rings is 1. The van der Waals surface area contributed by atoms with Gasteiger partial charge in [-0.3, -0.25) is 0 Å². The lowest BCUT2D eigenvalue weighted by molar-refractivity contribution is 0.262. The summed E-state index contributed by atoms with van der Waals surface area (Å²) >= 11 is 5.95. The molecule has 0 radical (unpaired) electrons. The van der Waals surface area contributed by atoms with Crippen molar-refractivity contribution in [3.05, 3.63) is 34.6 Å². The lowest BCUT2D eigenvalue weighted by atomic mass is 10.2. The Hall–Kier alpha value is -0.730. The van der Waals surface area contributed by atoms with Crippen molar-refractivity contribution < 1.29 is 12.8 Å². The second kappa shape index (κ2) is 6.58. The van der Waals surface area contributed by atoms with Gasteiger partial charge in [-0.05, 0) is 19.1 Å². The van der Waals surface area contributed by atoms with Crippen molar-refractivity contribution in [2.45, 2.75) is 19.5 Å². The highest BCUT2D eigenvalue weighted by molar-refractivity contribution is 7.86. The fraction of sp³-hybridized carbons (Fsp3) is 0.538. The maximum Gasteiger partial charge on any atom is 0.282 e. The van der Waals surface area contributed by atoms with Gasteiger partial charge >= 0.3 is 0 Å². The van der Waals surface area contributed by atoms with E-state index in [-0.39, 0.29) is 23.2 Å². The number of nitrogens with one attached hydrogen (secondary N) is 1. The first kappa shape index (κ1) is 16.6. The van der Waals surface area contributed by atoms with E-state index in [4.69, 9.17) is 11.6 Å². The highest BCUT2D eigenvalue weighted by Gasteiger charge is 2.33. The predicted molar refractivity (Wildman–Crippen MR) is 80.8 cm³/mol. The van der Waals surface area contributed by atoms with Crippen LogP contribution in [-0.4, -0.2) is 49.8 Å². The van der Waals surface area contributed by atoms with Crippen molar-refractivity contribution in [2.24, 2.45) is 0 Å². The third-order valence-corrected chi connectivity index (χ3v) is 5.98. The largest absolute Gasteiger partial charge is 0.314 e. The first-order chi connectivity index (χ1) is 9.84. The molecule has 21 heavy (non-hydrogen) atoms. The molecule has 0 spiro atoms. The van der Waals surface area contributed by atoms with Gasteiger partial charge in [0, 0.05) is 49.9 Å². The normalized spacial score (nSPS) is 20.9. The van der Waals surface area contributed by atoms with Crippen molar-refractivity contribution in [1.29, 1.82) is 0 Å². The second-order valence-electron chi connectivity index (χ2n) is 5.13. The molecule has 1 aliphatic rings. The van der Waals surface area contributed by atoms with Crippen LogP contribution in [0, 0.1) is 5.82 Å². The van der Waals surface area contributed by atoms with Crippen molar-refractivity contribution >= 4 is 21.8 Å². The number of piperazine rings is 1. The molecule has 0 unspecified atom stereocenters. The van der Waals surface area contributed by atoms with Crippen molar-refractivity contribution in [1.82, 2.24) is 13.9 Å². The van der Waals surface area contributed by atoms with Crippen LogP contribution in [-0.2, 0) is 16.8 Å². The maximum absolute atomic E-state index is 13.8. The SMILES string of the molecule is C[C@H]1CNCCN1S(=O)(=O)N(C)Cc1c(F)cccc1Cl. The lowest BCUT2D eigenvalue weighted by Gasteiger charge is -2.35. The van der Waals surface area contributed by atoms with Gasteiger partial charge in [-0.2, -0.15) is 17.0 Å². The summed E-state index contributed by atoms with van der Waals surface area (Å²) in [7, 11) is -2.20. The molecule has 1 aromatic rings.